The van der Waals surface area contributed by atoms with Crippen molar-refractivity contribution in [1.29, 1.82) is 0 Å². The summed E-state index contributed by atoms with van der Waals surface area (Å²) >= 11 is 0. The number of benzene rings is 1. The molecular formula is C14H20ClN3O2. The number of fused-ring (bicyclic) bond motifs is 1. The molecule has 0 fully saturated rings. The summed E-state index contributed by atoms with van der Waals surface area (Å²) in [6, 6.07) is 7.82. The third-order valence-electron chi connectivity index (χ3n) is 3.19. The van der Waals surface area contributed by atoms with E-state index in [9.17, 15) is 9.59 Å². The Bertz CT molecular complexity index is 479. The summed E-state index contributed by atoms with van der Waals surface area (Å²) in [6.45, 7) is 3.14. The van der Waals surface area contributed by atoms with Crippen LogP contribution in [-0.4, -0.2) is 30.9 Å². The van der Waals surface area contributed by atoms with Gasteiger partial charge in [-0.25, -0.2) is 0 Å². The third-order valence-corrected chi connectivity index (χ3v) is 3.19. The number of halogens is 1. The van der Waals surface area contributed by atoms with Crippen LogP contribution in [0.25, 0.3) is 0 Å². The number of carbonyl (C=O) groups is 2. The summed E-state index contributed by atoms with van der Waals surface area (Å²) in [5.41, 5.74) is 2.43. The average Bonchev–Trinajstić information content (AvgIpc) is 2.44. The van der Waals surface area contributed by atoms with Gasteiger partial charge in [-0.3, -0.25) is 9.59 Å². The zero-order chi connectivity index (χ0) is 13.7. The normalized spacial score (nSPS) is 16.6. The maximum absolute atomic E-state index is 12.0. The van der Waals surface area contributed by atoms with E-state index < -0.39 is 0 Å². The molecule has 0 radical (unpaired) electrons. The van der Waals surface area contributed by atoms with Crippen molar-refractivity contribution in [1.82, 2.24) is 16.0 Å². The first-order chi connectivity index (χ1) is 9.20. The quantitative estimate of drug-likeness (QED) is 0.752. The molecular weight excluding hydrogens is 278 g/mol. The highest BCUT2D eigenvalue weighted by atomic mass is 35.5. The standard InChI is InChI=1S/C14H19N3O2.ClH/c1-2-15-13(18)9-17-14(19)12-7-10-5-3-4-6-11(10)8-16-12;/h3-6,12,16H,2,7-9H2,1H3,(H,15,18)(H,17,19);1H. The fourth-order valence-electron chi connectivity index (χ4n) is 2.19. The molecule has 6 heteroatoms. The number of carbonyl (C=O) groups excluding carboxylic acids is 2. The molecule has 110 valence electrons. The second-order valence-corrected chi connectivity index (χ2v) is 4.58. The molecule has 0 spiro atoms. The highest BCUT2D eigenvalue weighted by Crippen LogP contribution is 2.16. The highest BCUT2D eigenvalue weighted by Gasteiger charge is 2.23. The fraction of sp³-hybridized carbons (Fsp3) is 0.429. The van der Waals surface area contributed by atoms with E-state index in [1.165, 1.54) is 11.1 Å². The maximum atomic E-state index is 12.0. The molecule has 3 N–H and O–H groups in total. The molecule has 0 bridgehead atoms. The monoisotopic (exact) mass is 297 g/mol. The van der Waals surface area contributed by atoms with Crippen LogP contribution in [0.3, 0.4) is 0 Å². The van der Waals surface area contributed by atoms with Gasteiger partial charge in [0.1, 0.15) is 0 Å². The molecule has 20 heavy (non-hydrogen) atoms. The van der Waals surface area contributed by atoms with Crippen molar-refractivity contribution >= 4 is 24.2 Å². The number of likely N-dealkylation sites (N-methyl/N-ethyl adjacent to an activating group) is 1. The fourth-order valence-corrected chi connectivity index (χ4v) is 2.19. The van der Waals surface area contributed by atoms with Gasteiger partial charge in [-0.1, -0.05) is 24.3 Å². The van der Waals surface area contributed by atoms with Gasteiger partial charge in [0.05, 0.1) is 12.6 Å². The van der Waals surface area contributed by atoms with Gasteiger partial charge < -0.3 is 16.0 Å². The molecule has 2 rings (SSSR count). The topological polar surface area (TPSA) is 70.2 Å². The summed E-state index contributed by atoms with van der Waals surface area (Å²) in [4.78, 5) is 23.2. The molecule has 0 saturated heterocycles. The van der Waals surface area contributed by atoms with Gasteiger partial charge in [-0.2, -0.15) is 0 Å². The zero-order valence-electron chi connectivity index (χ0n) is 11.4. The average molecular weight is 298 g/mol. The second kappa shape index (κ2) is 7.87. The summed E-state index contributed by atoms with van der Waals surface area (Å²) in [7, 11) is 0. The molecule has 1 aromatic rings. The van der Waals surface area contributed by atoms with Crippen LogP contribution < -0.4 is 16.0 Å². The lowest BCUT2D eigenvalue weighted by atomic mass is 9.95. The molecule has 1 aromatic carbocycles. The summed E-state index contributed by atoms with van der Waals surface area (Å²) in [5.74, 6) is -0.284. The minimum atomic E-state index is -0.260. The van der Waals surface area contributed by atoms with Crippen LogP contribution in [0, 0.1) is 0 Å². The first kappa shape index (κ1) is 16.5. The number of hydrogen-bond acceptors (Lipinski definition) is 3. The summed E-state index contributed by atoms with van der Waals surface area (Å²) in [5, 5.41) is 8.49. The molecule has 1 atom stereocenters. The number of hydrogen-bond donors (Lipinski definition) is 3. The molecule has 1 aliphatic rings. The Labute approximate surface area is 124 Å². The first-order valence-corrected chi connectivity index (χ1v) is 6.55. The van der Waals surface area contributed by atoms with Crippen LogP contribution in [0.5, 0.6) is 0 Å². The van der Waals surface area contributed by atoms with Crippen LogP contribution in [0.1, 0.15) is 18.1 Å². The predicted octanol–water partition coefficient (Wildman–Crippen LogP) is 0.375. The lowest BCUT2D eigenvalue weighted by Crippen LogP contribution is -2.49. The Balaban J connectivity index is 0.00000200. The molecule has 1 heterocycles. The molecule has 0 aliphatic carbocycles. The van der Waals surface area contributed by atoms with Crippen molar-refractivity contribution < 1.29 is 9.59 Å². The van der Waals surface area contributed by atoms with Crippen LogP contribution in [0.15, 0.2) is 24.3 Å². The van der Waals surface area contributed by atoms with Crippen molar-refractivity contribution in [2.75, 3.05) is 13.1 Å². The van der Waals surface area contributed by atoms with Gasteiger partial charge in [0.2, 0.25) is 11.8 Å². The van der Waals surface area contributed by atoms with E-state index in [0.717, 1.165) is 0 Å². The van der Waals surface area contributed by atoms with E-state index in [1.54, 1.807) is 0 Å². The lowest BCUT2D eigenvalue weighted by molar-refractivity contribution is -0.127. The predicted molar refractivity (Wildman–Crippen MR) is 79.7 cm³/mol. The zero-order valence-corrected chi connectivity index (χ0v) is 12.3. The molecule has 0 saturated carbocycles. The smallest absolute Gasteiger partial charge is 0.239 e. The summed E-state index contributed by atoms with van der Waals surface area (Å²) in [6.07, 6.45) is 0.664. The number of rotatable bonds is 4. The van der Waals surface area contributed by atoms with Crippen LogP contribution in [0.2, 0.25) is 0 Å². The molecule has 1 unspecified atom stereocenters. The van der Waals surface area contributed by atoms with Gasteiger partial charge in [0, 0.05) is 13.1 Å². The molecule has 5 nitrogen and oxygen atoms in total. The van der Waals surface area contributed by atoms with E-state index in [-0.39, 0.29) is 36.8 Å². The molecule has 2 amide bonds. The van der Waals surface area contributed by atoms with E-state index >= 15 is 0 Å². The minimum Gasteiger partial charge on any atom is -0.355 e. The first-order valence-electron chi connectivity index (χ1n) is 6.55. The molecule has 1 aliphatic heterocycles. The van der Waals surface area contributed by atoms with Crippen LogP contribution in [0.4, 0.5) is 0 Å². The number of amides is 2. The Morgan fingerprint density at radius 2 is 1.95 bits per heavy atom. The van der Waals surface area contributed by atoms with Crippen molar-refractivity contribution in [3.8, 4) is 0 Å². The minimum absolute atomic E-state index is 0. The van der Waals surface area contributed by atoms with Crippen molar-refractivity contribution in [2.45, 2.75) is 25.9 Å². The van der Waals surface area contributed by atoms with Crippen molar-refractivity contribution in [2.24, 2.45) is 0 Å². The van der Waals surface area contributed by atoms with Gasteiger partial charge in [0.25, 0.3) is 0 Å². The van der Waals surface area contributed by atoms with E-state index in [2.05, 4.69) is 22.0 Å². The van der Waals surface area contributed by atoms with Crippen LogP contribution >= 0.6 is 12.4 Å². The van der Waals surface area contributed by atoms with Crippen LogP contribution in [-0.2, 0) is 22.6 Å². The van der Waals surface area contributed by atoms with Gasteiger partial charge in [-0.15, -0.1) is 12.4 Å². The SMILES string of the molecule is CCNC(=O)CNC(=O)C1Cc2ccccc2CN1.Cl. The lowest BCUT2D eigenvalue weighted by Gasteiger charge is -2.25. The third kappa shape index (κ3) is 4.21. The van der Waals surface area contributed by atoms with Crippen molar-refractivity contribution in [3.05, 3.63) is 35.4 Å². The largest absolute Gasteiger partial charge is 0.355 e. The van der Waals surface area contributed by atoms with E-state index in [0.29, 0.717) is 19.5 Å². The van der Waals surface area contributed by atoms with Gasteiger partial charge >= 0.3 is 0 Å². The van der Waals surface area contributed by atoms with Crippen molar-refractivity contribution in [3.63, 3.8) is 0 Å². The summed E-state index contributed by atoms with van der Waals surface area (Å²) < 4.78 is 0. The maximum Gasteiger partial charge on any atom is 0.239 e. The second-order valence-electron chi connectivity index (χ2n) is 4.58. The number of nitrogens with one attached hydrogen (secondary N) is 3. The Hall–Kier alpha value is -1.59. The van der Waals surface area contributed by atoms with E-state index in [4.69, 9.17) is 0 Å². The van der Waals surface area contributed by atoms with Gasteiger partial charge in [0.15, 0.2) is 0 Å². The van der Waals surface area contributed by atoms with Gasteiger partial charge in [-0.05, 0) is 24.5 Å². The van der Waals surface area contributed by atoms with E-state index in [1.807, 2.05) is 25.1 Å². The molecule has 0 aromatic heterocycles. The Morgan fingerprint density at radius 3 is 2.65 bits per heavy atom. The Kier molecular flexibility index (Phi) is 6.48. The Morgan fingerprint density at radius 1 is 1.25 bits per heavy atom. The highest BCUT2D eigenvalue weighted by molar-refractivity contribution is 5.87.